The maximum Gasteiger partial charge on any atom is 0.261 e. The average Bonchev–Trinajstić information content (AvgIpc) is 2.85. The number of hydrogen-bond donors (Lipinski definition) is 2. The van der Waals surface area contributed by atoms with Crippen molar-refractivity contribution in [1.29, 1.82) is 0 Å². The van der Waals surface area contributed by atoms with Gasteiger partial charge in [0.25, 0.3) is 5.91 Å². The van der Waals surface area contributed by atoms with Crippen LogP contribution in [0.3, 0.4) is 0 Å². The number of nitrogens with one attached hydrogen (secondary N) is 2. The van der Waals surface area contributed by atoms with Gasteiger partial charge in [0.05, 0.1) is 11.4 Å². The van der Waals surface area contributed by atoms with Crippen molar-refractivity contribution in [2.75, 3.05) is 13.1 Å². The zero-order valence-electron chi connectivity index (χ0n) is 11.0. The molecule has 0 aliphatic heterocycles. The Balaban J connectivity index is 1.99. The Morgan fingerprint density at radius 2 is 2.05 bits per heavy atom. The summed E-state index contributed by atoms with van der Waals surface area (Å²) < 4.78 is 13.9. The molecule has 0 spiro atoms. The SMILES string of the molecule is CCCNC(=O)CNC(=O)c1cc2cc(F)ccc2s1. The maximum absolute atomic E-state index is 13.1. The molecule has 2 amide bonds. The van der Waals surface area contributed by atoms with Gasteiger partial charge >= 0.3 is 0 Å². The second kappa shape index (κ2) is 6.47. The lowest BCUT2D eigenvalue weighted by Gasteiger charge is -2.04. The minimum absolute atomic E-state index is 0.0541. The number of hydrogen-bond acceptors (Lipinski definition) is 3. The Bertz CT molecular complexity index is 639. The summed E-state index contributed by atoms with van der Waals surface area (Å²) in [5, 5.41) is 5.91. The first-order valence-electron chi connectivity index (χ1n) is 6.34. The molecule has 0 aliphatic rings. The second-order valence-corrected chi connectivity index (χ2v) is 5.41. The topological polar surface area (TPSA) is 58.2 Å². The van der Waals surface area contributed by atoms with Gasteiger partial charge in [0, 0.05) is 11.2 Å². The predicted octanol–water partition coefficient (Wildman–Crippen LogP) is 2.30. The van der Waals surface area contributed by atoms with Crippen molar-refractivity contribution in [2.24, 2.45) is 0 Å². The second-order valence-electron chi connectivity index (χ2n) is 4.33. The molecule has 1 heterocycles. The van der Waals surface area contributed by atoms with E-state index in [4.69, 9.17) is 0 Å². The van der Waals surface area contributed by atoms with Gasteiger partial charge in [0.15, 0.2) is 0 Å². The third kappa shape index (κ3) is 3.54. The minimum atomic E-state index is -0.332. The first-order chi connectivity index (χ1) is 9.60. The molecule has 1 aromatic carbocycles. The largest absolute Gasteiger partial charge is 0.355 e. The summed E-state index contributed by atoms with van der Waals surface area (Å²) >= 11 is 1.27. The molecule has 0 fully saturated rings. The van der Waals surface area contributed by atoms with Crippen LogP contribution in [0.5, 0.6) is 0 Å². The Morgan fingerprint density at radius 1 is 1.25 bits per heavy atom. The monoisotopic (exact) mass is 294 g/mol. The Labute approximate surface area is 120 Å². The van der Waals surface area contributed by atoms with Crippen LogP contribution in [0.25, 0.3) is 10.1 Å². The fraction of sp³-hybridized carbons (Fsp3) is 0.286. The molecule has 4 nitrogen and oxygen atoms in total. The molecule has 0 unspecified atom stereocenters. The molecule has 2 N–H and O–H groups in total. The number of halogens is 1. The Kier molecular flexibility index (Phi) is 4.68. The van der Waals surface area contributed by atoms with Gasteiger partial charge in [0.1, 0.15) is 5.82 Å². The summed E-state index contributed by atoms with van der Waals surface area (Å²) in [7, 11) is 0. The molecule has 106 valence electrons. The van der Waals surface area contributed by atoms with Crippen LogP contribution in [-0.4, -0.2) is 24.9 Å². The van der Waals surface area contributed by atoms with Gasteiger partial charge in [-0.2, -0.15) is 0 Å². The molecular formula is C14H15FN2O2S. The van der Waals surface area contributed by atoms with Crippen molar-refractivity contribution >= 4 is 33.2 Å². The summed E-state index contributed by atoms with van der Waals surface area (Å²) in [4.78, 5) is 23.8. The van der Waals surface area contributed by atoms with Crippen LogP contribution in [0.2, 0.25) is 0 Å². The Hall–Kier alpha value is -1.95. The molecule has 0 saturated carbocycles. The lowest BCUT2D eigenvalue weighted by Crippen LogP contribution is -2.36. The highest BCUT2D eigenvalue weighted by Gasteiger charge is 2.11. The van der Waals surface area contributed by atoms with E-state index in [-0.39, 0.29) is 24.2 Å². The van der Waals surface area contributed by atoms with E-state index in [9.17, 15) is 14.0 Å². The lowest BCUT2D eigenvalue weighted by atomic mass is 10.2. The molecule has 0 aliphatic carbocycles. The first-order valence-corrected chi connectivity index (χ1v) is 7.16. The minimum Gasteiger partial charge on any atom is -0.355 e. The number of amides is 2. The molecule has 0 bridgehead atoms. The number of rotatable bonds is 5. The first kappa shape index (κ1) is 14.5. The van der Waals surface area contributed by atoms with Crippen molar-refractivity contribution in [1.82, 2.24) is 10.6 Å². The highest BCUT2D eigenvalue weighted by molar-refractivity contribution is 7.20. The molecule has 1 aromatic heterocycles. The third-order valence-electron chi connectivity index (χ3n) is 2.68. The molecule has 6 heteroatoms. The Morgan fingerprint density at radius 3 is 2.80 bits per heavy atom. The quantitative estimate of drug-likeness (QED) is 0.889. The number of carbonyl (C=O) groups excluding carboxylic acids is 2. The number of fused-ring (bicyclic) bond motifs is 1. The van der Waals surface area contributed by atoms with Gasteiger partial charge in [0.2, 0.25) is 5.91 Å². The van der Waals surface area contributed by atoms with E-state index in [1.165, 1.54) is 23.5 Å². The standard InChI is InChI=1S/C14H15FN2O2S/c1-2-5-16-13(18)8-17-14(19)12-7-9-6-10(15)3-4-11(9)20-12/h3-4,6-7H,2,5,8H2,1H3,(H,16,18)(H,17,19). The molecule has 20 heavy (non-hydrogen) atoms. The van der Waals surface area contributed by atoms with E-state index >= 15 is 0 Å². The van der Waals surface area contributed by atoms with Crippen molar-refractivity contribution < 1.29 is 14.0 Å². The van der Waals surface area contributed by atoms with Crippen molar-refractivity contribution in [3.8, 4) is 0 Å². The van der Waals surface area contributed by atoms with Crippen molar-refractivity contribution in [2.45, 2.75) is 13.3 Å². The molecule has 0 radical (unpaired) electrons. The van der Waals surface area contributed by atoms with E-state index in [0.29, 0.717) is 16.8 Å². The highest BCUT2D eigenvalue weighted by atomic mass is 32.1. The molecule has 0 atom stereocenters. The van der Waals surface area contributed by atoms with Crippen LogP contribution in [0.1, 0.15) is 23.0 Å². The normalized spacial score (nSPS) is 10.5. The zero-order valence-corrected chi connectivity index (χ0v) is 11.8. The zero-order chi connectivity index (χ0) is 14.5. The smallest absolute Gasteiger partial charge is 0.261 e. The van der Waals surface area contributed by atoms with Crippen LogP contribution in [0.15, 0.2) is 24.3 Å². The van der Waals surface area contributed by atoms with Crippen LogP contribution < -0.4 is 10.6 Å². The molecular weight excluding hydrogens is 279 g/mol. The number of thiophene rings is 1. The van der Waals surface area contributed by atoms with E-state index in [2.05, 4.69) is 10.6 Å². The van der Waals surface area contributed by atoms with Crippen LogP contribution in [-0.2, 0) is 4.79 Å². The average molecular weight is 294 g/mol. The fourth-order valence-corrected chi connectivity index (χ4v) is 2.66. The molecule has 0 saturated heterocycles. The maximum atomic E-state index is 13.1. The molecule has 2 rings (SSSR count). The van der Waals surface area contributed by atoms with E-state index < -0.39 is 0 Å². The van der Waals surface area contributed by atoms with Crippen molar-refractivity contribution in [3.05, 3.63) is 35.0 Å². The van der Waals surface area contributed by atoms with Gasteiger partial charge in [-0.1, -0.05) is 6.92 Å². The summed E-state index contributed by atoms with van der Waals surface area (Å²) in [5.74, 6) is -0.869. The van der Waals surface area contributed by atoms with Crippen molar-refractivity contribution in [3.63, 3.8) is 0 Å². The summed E-state index contributed by atoms with van der Waals surface area (Å²) in [6.07, 6.45) is 0.849. The number of carbonyl (C=O) groups is 2. The van der Waals surface area contributed by atoms with E-state index in [1.54, 1.807) is 12.1 Å². The van der Waals surface area contributed by atoms with E-state index in [1.807, 2.05) is 6.92 Å². The van der Waals surface area contributed by atoms with E-state index in [0.717, 1.165) is 11.1 Å². The van der Waals surface area contributed by atoms with Crippen LogP contribution in [0.4, 0.5) is 4.39 Å². The van der Waals surface area contributed by atoms with Gasteiger partial charge in [-0.05, 0) is 36.1 Å². The van der Waals surface area contributed by atoms with Crippen LogP contribution in [0, 0.1) is 5.82 Å². The lowest BCUT2D eigenvalue weighted by molar-refractivity contribution is -0.120. The fourth-order valence-electron chi connectivity index (χ4n) is 1.70. The van der Waals surface area contributed by atoms with Crippen LogP contribution >= 0.6 is 11.3 Å². The molecule has 2 aromatic rings. The van der Waals surface area contributed by atoms with Gasteiger partial charge in [-0.15, -0.1) is 11.3 Å². The predicted molar refractivity (Wildman–Crippen MR) is 77.4 cm³/mol. The summed E-state index contributed by atoms with van der Waals surface area (Å²) in [6.45, 7) is 2.49. The number of benzene rings is 1. The third-order valence-corrected chi connectivity index (χ3v) is 3.80. The van der Waals surface area contributed by atoms with Gasteiger partial charge in [-0.3, -0.25) is 9.59 Å². The summed E-state index contributed by atoms with van der Waals surface area (Å²) in [5.41, 5.74) is 0. The summed E-state index contributed by atoms with van der Waals surface area (Å²) in [6, 6.07) is 6.01. The van der Waals surface area contributed by atoms with Gasteiger partial charge < -0.3 is 10.6 Å². The van der Waals surface area contributed by atoms with Gasteiger partial charge in [-0.25, -0.2) is 4.39 Å². The highest BCUT2D eigenvalue weighted by Crippen LogP contribution is 2.26.